The summed E-state index contributed by atoms with van der Waals surface area (Å²) in [6.45, 7) is 3.22. The van der Waals surface area contributed by atoms with Gasteiger partial charge in [-0.2, -0.15) is 0 Å². The number of anilines is 1. The van der Waals surface area contributed by atoms with Crippen molar-refractivity contribution in [2.45, 2.75) is 13.5 Å². The SMILES string of the molecule is CCNC(=NCc1ccccc1OC)NCC(=O)Nc1cccnc1.I. The lowest BCUT2D eigenvalue weighted by molar-refractivity contribution is -0.115. The number of benzene rings is 1. The van der Waals surface area contributed by atoms with E-state index in [2.05, 4.69) is 25.9 Å². The number of nitrogens with one attached hydrogen (secondary N) is 3. The van der Waals surface area contributed by atoms with Crippen LogP contribution in [0.1, 0.15) is 12.5 Å². The zero-order valence-corrected chi connectivity index (χ0v) is 17.2. The third-order valence-electron chi connectivity index (χ3n) is 3.31. The maximum atomic E-state index is 12.0. The molecule has 0 aliphatic rings. The number of halogens is 1. The average Bonchev–Trinajstić information content (AvgIpc) is 2.65. The van der Waals surface area contributed by atoms with E-state index in [0.717, 1.165) is 11.3 Å². The predicted molar refractivity (Wildman–Crippen MR) is 114 cm³/mol. The number of aromatic nitrogens is 1. The van der Waals surface area contributed by atoms with Gasteiger partial charge in [0.25, 0.3) is 0 Å². The van der Waals surface area contributed by atoms with E-state index in [0.29, 0.717) is 24.7 Å². The van der Waals surface area contributed by atoms with Crippen LogP contribution in [-0.4, -0.2) is 37.1 Å². The molecular weight excluding hydrogens is 445 g/mol. The van der Waals surface area contributed by atoms with Crippen LogP contribution in [0.25, 0.3) is 0 Å². The van der Waals surface area contributed by atoms with Crippen LogP contribution in [-0.2, 0) is 11.3 Å². The molecule has 0 unspecified atom stereocenters. The number of aliphatic imine (C=N–C) groups is 1. The summed E-state index contributed by atoms with van der Waals surface area (Å²) in [7, 11) is 1.63. The normalized spacial score (nSPS) is 10.5. The quantitative estimate of drug-likeness (QED) is 0.330. The van der Waals surface area contributed by atoms with Crippen LogP contribution in [0.15, 0.2) is 53.8 Å². The molecule has 0 spiro atoms. The summed E-state index contributed by atoms with van der Waals surface area (Å²) >= 11 is 0. The number of guanidine groups is 1. The first kappa shape index (κ1) is 21.7. The molecule has 140 valence electrons. The Morgan fingerprint density at radius 2 is 2.00 bits per heavy atom. The molecule has 0 atom stereocenters. The minimum Gasteiger partial charge on any atom is -0.496 e. The van der Waals surface area contributed by atoms with Gasteiger partial charge in [0.15, 0.2) is 5.96 Å². The molecule has 0 fully saturated rings. The number of para-hydroxylation sites is 1. The van der Waals surface area contributed by atoms with Gasteiger partial charge in [-0.3, -0.25) is 9.78 Å². The first-order chi connectivity index (χ1) is 12.2. The van der Waals surface area contributed by atoms with Gasteiger partial charge in [-0.1, -0.05) is 18.2 Å². The number of carbonyl (C=O) groups excluding carboxylic acids is 1. The van der Waals surface area contributed by atoms with Gasteiger partial charge in [0.2, 0.25) is 5.91 Å². The van der Waals surface area contributed by atoms with Crippen molar-refractivity contribution >= 4 is 41.5 Å². The van der Waals surface area contributed by atoms with E-state index in [-0.39, 0.29) is 36.4 Å². The molecule has 26 heavy (non-hydrogen) atoms. The Bertz CT molecular complexity index is 710. The lowest BCUT2D eigenvalue weighted by Gasteiger charge is -2.12. The summed E-state index contributed by atoms with van der Waals surface area (Å²) < 4.78 is 5.32. The Morgan fingerprint density at radius 1 is 1.19 bits per heavy atom. The number of amides is 1. The van der Waals surface area contributed by atoms with E-state index < -0.39 is 0 Å². The summed E-state index contributed by atoms with van der Waals surface area (Å²) in [5, 5.41) is 8.89. The van der Waals surface area contributed by atoms with Crippen LogP contribution >= 0.6 is 24.0 Å². The Hall–Kier alpha value is -2.36. The number of hydrogen-bond donors (Lipinski definition) is 3. The van der Waals surface area contributed by atoms with Crippen LogP contribution < -0.4 is 20.7 Å². The molecule has 0 aliphatic heterocycles. The number of hydrogen-bond acceptors (Lipinski definition) is 4. The summed E-state index contributed by atoms with van der Waals surface area (Å²) in [5.41, 5.74) is 1.63. The predicted octanol–water partition coefficient (Wildman–Crippen LogP) is 2.40. The van der Waals surface area contributed by atoms with Crippen molar-refractivity contribution < 1.29 is 9.53 Å². The molecule has 3 N–H and O–H groups in total. The van der Waals surface area contributed by atoms with Crippen molar-refractivity contribution in [1.82, 2.24) is 15.6 Å². The van der Waals surface area contributed by atoms with Gasteiger partial charge in [0.05, 0.1) is 32.1 Å². The molecule has 1 heterocycles. The molecule has 8 heteroatoms. The maximum absolute atomic E-state index is 12.0. The maximum Gasteiger partial charge on any atom is 0.243 e. The van der Waals surface area contributed by atoms with E-state index >= 15 is 0 Å². The number of ether oxygens (including phenoxy) is 1. The van der Waals surface area contributed by atoms with Crippen LogP contribution in [0.2, 0.25) is 0 Å². The highest BCUT2D eigenvalue weighted by molar-refractivity contribution is 14.0. The summed E-state index contributed by atoms with van der Waals surface area (Å²) in [5.74, 6) is 1.18. The summed E-state index contributed by atoms with van der Waals surface area (Å²) in [6.07, 6.45) is 3.25. The van der Waals surface area contributed by atoms with Gasteiger partial charge < -0.3 is 20.7 Å². The minimum atomic E-state index is -0.170. The molecule has 1 amide bonds. The highest BCUT2D eigenvalue weighted by Gasteiger charge is 2.05. The van der Waals surface area contributed by atoms with Crippen molar-refractivity contribution in [3.05, 3.63) is 54.4 Å². The molecule has 1 aromatic heterocycles. The van der Waals surface area contributed by atoms with Crippen LogP contribution in [0, 0.1) is 0 Å². The zero-order chi connectivity index (χ0) is 17.9. The molecule has 0 saturated heterocycles. The number of pyridine rings is 1. The first-order valence-corrected chi connectivity index (χ1v) is 8.07. The second kappa shape index (κ2) is 12.1. The lowest BCUT2D eigenvalue weighted by Crippen LogP contribution is -2.41. The van der Waals surface area contributed by atoms with Crippen LogP contribution in [0.3, 0.4) is 0 Å². The Kier molecular flexibility index (Phi) is 10.1. The standard InChI is InChI=1S/C18H23N5O2.HI/c1-3-20-18(21-11-14-7-4-5-9-16(14)25-2)22-13-17(24)23-15-8-6-10-19-12-15;/h4-10,12H,3,11,13H2,1-2H3,(H,23,24)(H2,20,21,22);1H. The summed E-state index contributed by atoms with van der Waals surface area (Å²) in [6, 6.07) is 11.3. The summed E-state index contributed by atoms with van der Waals surface area (Å²) in [4.78, 5) is 20.4. The molecule has 0 bridgehead atoms. The van der Waals surface area contributed by atoms with E-state index in [1.54, 1.807) is 31.6 Å². The van der Waals surface area contributed by atoms with Crippen molar-refractivity contribution in [2.24, 2.45) is 4.99 Å². The highest BCUT2D eigenvalue weighted by atomic mass is 127. The highest BCUT2D eigenvalue weighted by Crippen LogP contribution is 2.17. The van der Waals surface area contributed by atoms with Crippen LogP contribution in [0.4, 0.5) is 5.69 Å². The Labute approximate surface area is 170 Å². The molecule has 0 radical (unpaired) electrons. The molecule has 0 aliphatic carbocycles. The number of methoxy groups -OCH3 is 1. The lowest BCUT2D eigenvalue weighted by atomic mass is 10.2. The average molecular weight is 469 g/mol. The zero-order valence-electron chi connectivity index (χ0n) is 14.9. The van der Waals surface area contributed by atoms with Gasteiger partial charge >= 0.3 is 0 Å². The smallest absolute Gasteiger partial charge is 0.243 e. The molecule has 1 aromatic carbocycles. The van der Waals surface area contributed by atoms with Gasteiger partial charge in [-0.15, -0.1) is 24.0 Å². The van der Waals surface area contributed by atoms with Crippen molar-refractivity contribution in [2.75, 3.05) is 25.5 Å². The van der Waals surface area contributed by atoms with E-state index in [1.165, 1.54) is 0 Å². The van der Waals surface area contributed by atoms with Gasteiger partial charge in [-0.25, -0.2) is 4.99 Å². The van der Waals surface area contributed by atoms with Crippen LogP contribution in [0.5, 0.6) is 5.75 Å². The largest absolute Gasteiger partial charge is 0.496 e. The van der Waals surface area contributed by atoms with E-state index in [4.69, 9.17) is 4.74 Å². The van der Waals surface area contributed by atoms with Gasteiger partial charge in [-0.05, 0) is 25.1 Å². The second-order valence-corrected chi connectivity index (χ2v) is 5.15. The molecule has 2 aromatic rings. The third-order valence-corrected chi connectivity index (χ3v) is 3.31. The fraction of sp³-hybridized carbons (Fsp3) is 0.278. The third kappa shape index (κ3) is 7.26. The van der Waals surface area contributed by atoms with Crippen molar-refractivity contribution in [3.8, 4) is 5.75 Å². The second-order valence-electron chi connectivity index (χ2n) is 5.15. The van der Waals surface area contributed by atoms with Gasteiger partial charge in [0.1, 0.15) is 5.75 Å². The number of rotatable bonds is 7. The monoisotopic (exact) mass is 469 g/mol. The van der Waals surface area contributed by atoms with E-state index in [1.807, 2.05) is 31.2 Å². The topological polar surface area (TPSA) is 87.6 Å². The fourth-order valence-electron chi connectivity index (χ4n) is 2.15. The van der Waals surface area contributed by atoms with Crippen molar-refractivity contribution in [3.63, 3.8) is 0 Å². The molecule has 0 saturated carbocycles. The first-order valence-electron chi connectivity index (χ1n) is 8.07. The van der Waals surface area contributed by atoms with E-state index in [9.17, 15) is 4.79 Å². The molecule has 2 rings (SSSR count). The molecular formula is C18H24IN5O2. The number of nitrogens with zero attached hydrogens (tertiary/aromatic N) is 2. The Morgan fingerprint density at radius 3 is 2.69 bits per heavy atom. The van der Waals surface area contributed by atoms with Gasteiger partial charge in [0, 0.05) is 18.3 Å². The Balaban J connectivity index is 0.00000338. The number of carbonyl (C=O) groups is 1. The van der Waals surface area contributed by atoms with Crippen molar-refractivity contribution in [1.29, 1.82) is 0 Å². The minimum absolute atomic E-state index is 0. The molecule has 7 nitrogen and oxygen atoms in total. The fourth-order valence-corrected chi connectivity index (χ4v) is 2.15.